The topological polar surface area (TPSA) is 40.5 Å². The van der Waals surface area contributed by atoms with Crippen molar-refractivity contribution in [1.29, 1.82) is 0 Å². The Morgan fingerprint density at radius 2 is 1.74 bits per heavy atom. The molecule has 1 saturated carbocycles. The maximum atomic E-state index is 13.1. The lowest BCUT2D eigenvalue weighted by molar-refractivity contribution is 0.0635. The monoisotopic (exact) mass is 307 g/mol. The largest absolute Gasteiger partial charge is 0.507 e. The second-order valence-electron chi connectivity index (χ2n) is 6.57. The summed E-state index contributed by atoms with van der Waals surface area (Å²) in [4.78, 5) is 15.2. The summed E-state index contributed by atoms with van der Waals surface area (Å²) in [5.41, 5.74) is 3.07. The van der Waals surface area contributed by atoms with E-state index in [1.54, 1.807) is 18.2 Å². The Kier molecular flexibility index (Phi) is 3.56. The molecule has 1 amide bonds. The second-order valence-corrected chi connectivity index (χ2v) is 6.57. The summed E-state index contributed by atoms with van der Waals surface area (Å²) in [6.45, 7) is 0. The van der Waals surface area contributed by atoms with E-state index >= 15 is 0 Å². The third-order valence-corrected chi connectivity index (χ3v) is 4.98. The summed E-state index contributed by atoms with van der Waals surface area (Å²) in [7, 11) is 0. The number of carbonyl (C=O) groups excluding carboxylic acids is 1. The Morgan fingerprint density at radius 1 is 1.00 bits per heavy atom. The number of benzene rings is 2. The minimum atomic E-state index is -0.0349. The van der Waals surface area contributed by atoms with E-state index in [9.17, 15) is 9.90 Å². The zero-order valence-corrected chi connectivity index (χ0v) is 13.1. The first-order valence-electron chi connectivity index (χ1n) is 8.44. The first-order valence-corrected chi connectivity index (χ1v) is 8.44. The molecule has 118 valence electrons. The molecule has 3 heteroatoms. The quantitative estimate of drug-likeness (QED) is 0.928. The number of phenolic OH excluding ortho intramolecular Hbond substituents is 1. The highest BCUT2D eigenvalue weighted by molar-refractivity contribution is 5.97. The SMILES string of the molecule is O=C(c1ccccc1O)N(C1CC1)C1CCCc2ccccc21. The average Bonchev–Trinajstić information content (AvgIpc) is 3.40. The summed E-state index contributed by atoms with van der Waals surface area (Å²) in [6, 6.07) is 15.8. The highest BCUT2D eigenvalue weighted by Gasteiger charge is 2.40. The van der Waals surface area contributed by atoms with Crippen LogP contribution in [0.2, 0.25) is 0 Å². The molecular formula is C20H21NO2. The number of amides is 1. The van der Waals surface area contributed by atoms with Crippen LogP contribution < -0.4 is 0 Å². The third kappa shape index (κ3) is 2.61. The van der Waals surface area contributed by atoms with Crippen LogP contribution in [0, 0.1) is 0 Å². The molecule has 1 fully saturated rings. The van der Waals surface area contributed by atoms with Crippen molar-refractivity contribution in [3.8, 4) is 5.75 Å². The molecule has 0 bridgehead atoms. The maximum Gasteiger partial charge on any atom is 0.258 e. The predicted molar refractivity (Wildman–Crippen MR) is 89.4 cm³/mol. The Bertz CT molecular complexity index is 736. The van der Waals surface area contributed by atoms with Crippen molar-refractivity contribution in [2.24, 2.45) is 0 Å². The van der Waals surface area contributed by atoms with Crippen molar-refractivity contribution in [3.05, 3.63) is 65.2 Å². The molecule has 0 radical (unpaired) electrons. The molecule has 2 aromatic carbocycles. The smallest absolute Gasteiger partial charge is 0.258 e. The van der Waals surface area contributed by atoms with Gasteiger partial charge in [-0.05, 0) is 55.4 Å². The summed E-state index contributed by atoms with van der Waals surface area (Å²) in [5, 5.41) is 10.1. The number of carbonyl (C=O) groups is 1. The van der Waals surface area contributed by atoms with Crippen molar-refractivity contribution in [1.82, 2.24) is 4.90 Å². The molecule has 1 atom stereocenters. The fourth-order valence-electron chi connectivity index (χ4n) is 3.73. The molecule has 0 aliphatic heterocycles. The van der Waals surface area contributed by atoms with Gasteiger partial charge in [-0.25, -0.2) is 0 Å². The molecule has 0 saturated heterocycles. The van der Waals surface area contributed by atoms with Crippen LogP contribution in [0.4, 0.5) is 0 Å². The van der Waals surface area contributed by atoms with Crippen LogP contribution in [0.1, 0.15) is 53.2 Å². The van der Waals surface area contributed by atoms with Gasteiger partial charge in [-0.1, -0.05) is 36.4 Å². The molecule has 1 unspecified atom stereocenters. The number of rotatable bonds is 3. The van der Waals surface area contributed by atoms with Crippen LogP contribution in [-0.4, -0.2) is 22.0 Å². The van der Waals surface area contributed by atoms with Crippen LogP contribution in [0.5, 0.6) is 5.75 Å². The number of hydrogen-bond acceptors (Lipinski definition) is 2. The van der Waals surface area contributed by atoms with Crippen molar-refractivity contribution in [2.75, 3.05) is 0 Å². The summed E-state index contributed by atoms with van der Waals surface area (Å²) >= 11 is 0. The van der Waals surface area contributed by atoms with Gasteiger partial charge >= 0.3 is 0 Å². The number of phenols is 1. The van der Waals surface area contributed by atoms with Gasteiger partial charge in [-0.3, -0.25) is 4.79 Å². The van der Waals surface area contributed by atoms with Crippen molar-refractivity contribution < 1.29 is 9.90 Å². The number of aryl methyl sites for hydroxylation is 1. The molecule has 0 heterocycles. The Hall–Kier alpha value is -2.29. The van der Waals surface area contributed by atoms with Crippen molar-refractivity contribution >= 4 is 5.91 Å². The van der Waals surface area contributed by atoms with E-state index in [4.69, 9.17) is 0 Å². The highest BCUT2D eigenvalue weighted by Crippen LogP contribution is 2.42. The van der Waals surface area contributed by atoms with E-state index in [1.807, 2.05) is 11.0 Å². The molecule has 23 heavy (non-hydrogen) atoms. The van der Waals surface area contributed by atoms with Gasteiger partial charge in [0.1, 0.15) is 5.75 Å². The maximum absolute atomic E-state index is 13.1. The molecule has 0 aromatic heterocycles. The van der Waals surface area contributed by atoms with Crippen LogP contribution in [0.15, 0.2) is 48.5 Å². The standard InChI is InChI=1S/C20H21NO2/c22-19-11-4-3-9-17(19)20(23)21(15-12-13-15)18-10-5-7-14-6-1-2-8-16(14)18/h1-4,6,8-9,11,15,18,22H,5,7,10,12-13H2. The summed E-state index contributed by atoms with van der Waals surface area (Å²) < 4.78 is 0. The van der Waals surface area contributed by atoms with Gasteiger partial charge in [0.25, 0.3) is 5.91 Å². The fraction of sp³-hybridized carbons (Fsp3) is 0.350. The lowest BCUT2D eigenvalue weighted by Gasteiger charge is -2.36. The molecule has 4 rings (SSSR count). The number of fused-ring (bicyclic) bond motifs is 1. The number of para-hydroxylation sites is 1. The van der Waals surface area contributed by atoms with E-state index in [1.165, 1.54) is 11.1 Å². The summed E-state index contributed by atoms with van der Waals surface area (Å²) in [5.74, 6) is 0.0412. The Morgan fingerprint density at radius 3 is 2.52 bits per heavy atom. The van der Waals surface area contributed by atoms with Crippen LogP contribution in [0.25, 0.3) is 0 Å². The first kappa shape index (κ1) is 14.3. The Balaban J connectivity index is 1.73. The molecule has 0 spiro atoms. The lowest BCUT2D eigenvalue weighted by atomic mass is 9.86. The lowest BCUT2D eigenvalue weighted by Crippen LogP contribution is -2.38. The number of nitrogens with zero attached hydrogens (tertiary/aromatic N) is 1. The van der Waals surface area contributed by atoms with Gasteiger partial charge in [-0.2, -0.15) is 0 Å². The van der Waals surface area contributed by atoms with Crippen molar-refractivity contribution in [3.63, 3.8) is 0 Å². The number of aromatic hydroxyl groups is 1. The van der Waals surface area contributed by atoms with Gasteiger partial charge < -0.3 is 10.0 Å². The normalized spacial score (nSPS) is 19.9. The molecular weight excluding hydrogens is 286 g/mol. The minimum absolute atomic E-state index is 0.0349. The van der Waals surface area contributed by atoms with Gasteiger partial charge in [0.05, 0.1) is 11.6 Å². The van der Waals surface area contributed by atoms with E-state index < -0.39 is 0 Å². The molecule has 2 aromatic rings. The fourth-order valence-corrected chi connectivity index (χ4v) is 3.73. The third-order valence-electron chi connectivity index (χ3n) is 4.98. The van der Waals surface area contributed by atoms with E-state index in [0.717, 1.165) is 32.1 Å². The zero-order chi connectivity index (χ0) is 15.8. The predicted octanol–water partition coefficient (Wildman–Crippen LogP) is 4.07. The molecule has 3 nitrogen and oxygen atoms in total. The molecule has 2 aliphatic rings. The van der Waals surface area contributed by atoms with E-state index in [2.05, 4.69) is 24.3 Å². The van der Waals surface area contributed by atoms with Crippen molar-refractivity contribution in [2.45, 2.75) is 44.2 Å². The van der Waals surface area contributed by atoms with Gasteiger partial charge in [0, 0.05) is 6.04 Å². The van der Waals surface area contributed by atoms with Gasteiger partial charge in [0.2, 0.25) is 0 Å². The van der Waals surface area contributed by atoms with Crippen LogP contribution in [-0.2, 0) is 6.42 Å². The van der Waals surface area contributed by atoms with E-state index in [0.29, 0.717) is 11.6 Å². The zero-order valence-electron chi connectivity index (χ0n) is 13.1. The minimum Gasteiger partial charge on any atom is -0.507 e. The van der Waals surface area contributed by atoms with E-state index in [-0.39, 0.29) is 17.7 Å². The van der Waals surface area contributed by atoms with Gasteiger partial charge in [-0.15, -0.1) is 0 Å². The second kappa shape index (κ2) is 5.73. The van der Waals surface area contributed by atoms with Gasteiger partial charge in [0.15, 0.2) is 0 Å². The molecule has 1 N–H and O–H groups in total. The first-order chi connectivity index (χ1) is 11.3. The average molecular weight is 307 g/mol. The van der Waals surface area contributed by atoms with Crippen LogP contribution in [0.3, 0.4) is 0 Å². The van der Waals surface area contributed by atoms with Crippen LogP contribution >= 0.6 is 0 Å². The summed E-state index contributed by atoms with van der Waals surface area (Å²) in [6.07, 6.45) is 5.35. The number of hydrogen-bond donors (Lipinski definition) is 1. The molecule has 2 aliphatic carbocycles. The Labute approximate surface area is 136 Å². The highest BCUT2D eigenvalue weighted by atomic mass is 16.3.